The van der Waals surface area contributed by atoms with Crippen molar-refractivity contribution in [3.05, 3.63) is 12.2 Å². The number of allylic oxidation sites excluding steroid dienone is 1. The Hall–Kier alpha value is -0.160. The zero-order chi connectivity index (χ0) is 6.85. The van der Waals surface area contributed by atoms with Gasteiger partial charge in [-0.2, -0.15) is 0 Å². The lowest BCUT2D eigenvalue weighted by atomic mass is 9.95. The standard InChI is InChI=1S/C7H13NP/c1-8(2)7(9)6-4-3-5-6/h3-4,6-7H,1,5,9H2,2H3/q+1. The highest BCUT2D eigenvalue weighted by Gasteiger charge is 2.23. The molecule has 1 aliphatic rings. The fraction of sp³-hybridized carbons (Fsp3) is 0.571. The third kappa shape index (κ3) is 1.40. The number of hydrogen-bond acceptors (Lipinski definition) is 0. The van der Waals surface area contributed by atoms with Crippen LogP contribution in [0.25, 0.3) is 0 Å². The third-order valence-corrected chi connectivity index (χ3v) is 2.74. The Morgan fingerprint density at radius 1 is 1.89 bits per heavy atom. The van der Waals surface area contributed by atoms with Gasteiger partial charge in [-0.15, -0.1) is 0 Å². The maximum atomic E-state index is 3.82. The zero-order valence-electron chi connectivity index (χ0n) is 5.75. The Morgan fingerprint density at radius 3 is 2.56 bits per heavy atom. The lowest BCUT2D eigenvalue weighted by Crippen LogP contribution is -2.25. The monoisotopic (exact) mass is 142 g/mol. The minimum absolute atomic E-state index is 0.523. The Balaban J connectivity index is 2.42. The fourth-order valence-corrected chi connectivity index (χ4v) is 1.16. The van der Waals surface area contributed by atoms with E-state index in [1.54, 1.807) is 0 Å². The highest BCUT2D eigenvalue weighted by atomic mass is 31.0. The quantitative estimate of drug-likeness (QED) is 0.235. The molecular formula is C7H13NP+. The van der Waals surface area contributed by atoms with Gasteiger partial charge < -0.3 is 0 Å². The van der Waals surface area contributed by atoms with Crippen LogP contribution in [-0.4, -0.2) is 24.1 Å². The summed E-state index contributed by atoms with van der Waals surface area (Å²) in [6.07, 6.45) is 5.65. The molecule has 0 heterocycles. The molecule has 1 aliphatic carbocycles. The SMILES string of the molecule is C=[N+](C)C(P)C1C=CC1. The van der Waals surface area contributed by atoms with Crippen molar-refractivity contribution in [1.29, 1.82) is 0 Å². The largest absolute Gasteiger partial charge is 0.238 e. The van der Waals surface area contributed by atoms with E-state index in [1.807, 2.05) is 11.6 Å². The van der Waals surface area contributed by atoms with E-state index in [9.17, 15) is 0 Å². The first-order valence-electron chi connectivity index (χ1n) is 3.17. The molecule has 0 aliphatic heterocycles. The first-order valence-corrected chi connectivity index (χ1v) is 3.84. The molecule has 0 fully saturated rings. The molecule has 1 nitrogen and oxygen atoms in total. The molecule has 0 amide bonds. The van der Waals surface area contributed by atoms with Crippen LogP contribution in [0.4, 0.5) is 0 Å². The lowest BCUT2D eigenvalue weighted by Gasteiger charge is -2.20. The van der Waals surface area contributed by atoms with Gasteiger partial charge in [0.25, 0.3) is 0 Å². The maximum Gasteiger partial charge on any atom is 0.169 e. The summed E-state index contributed by atoms with van der Waals surface area (Å²) in [5.74, 6) is 1.24. The first kappa shape index (κ1) is 6.95. The summed E-state index contributed by atoms with van der Waals surface area (Å²) >= 11 is 0. The van der Waals surface area contributed by atoms with Gasteiger partial charge in [0, 0.05) is 5.92 Å². The molecule has 0 bridgehead atoms. The Bertz CT molecular complexity index is 151. The van der Waals surface area contributed by atoms with E-state index in [-0.39, 0.29) is 0 Å². The predicted molar refractivity (Wildman–Crippen MR) is 44.1 cm³/mol. The summed E-state index contributed by atoms with van der Waals surface area (Å²) in [7, 11) is 4.80. The van der Waals surface area contributed by atoms with Crippen molar-refractivity contribution >= 4 is 16.0 Å². The number of nitrogens with zero attached hydrogens (tertiary/aromatic N) is 1. The molecule has 0 aromatic rings. The van der Waals surface area contributed by atoms with Crippen LogP contribution in [0, 0.1) is 5.92 Å². The van der Waals surface area contributed by atoms with Gasteiger partial charge in [0.15, 0.2) is 5.78 Å². The summed E-state index contributed by atoms with van der Waals surface area (Å²) < 4.78 is 1.98. The van der Waals surface area contributed by atoms with Crippen molar-refractivity contribution in [2.75, 3.05) is 7.05 Å². The topological polar surface area (TPSA) is 3.01 Å². The van der Waals surface area contributed by atoms with Gasteiger partial charge in [0.2, 0.25) is 0 Å². The van der Waals surface area contributed by atoms with Crippen molar-refractivity contribution < 1.29 is 4.58 Å². The molecule has 50 valence electrons. The second kappa shape index (κ2) is 2.62. The van der Waals surface area contributed by atoms with Crippen molar-refractivity contribution in [3.63, 3.8) is 0 Å². The Labute approximate surface area is 58.7 Å². The van der Waals surface area contributed by atoms with Crippen LogP contribution in [-0.2, 0) is 0 Å². The van der Waals surface area contributed by atoms with E-state index < -0.39 is 0 Å². The molecule has 0 N–H and O–H groups in total. The summed E-state index contributed by atoms with van der Waals surface area (Å²) in [6.45, 7) is 3.82. The van der Waals surface area contributed by atoms with Crippen LogP contribution in [0.5, 0.6) is 0 Å². The lowest BCUT2D eigenvalue weighted by molar-refractivity contribution is -0.510. The molecule has 2 heteroatoms. The van der Waals surface area contributed by atoms with Crippen molar-refractivity contribution in [2.45, 2.75) is 12.2 Å². The third-order valence-electron chi connectivity index (χ3n) is 1.74. The molecule has 0 aromatic carbocycles. The average molecular weight is 142 g/mol. The molecule has 0 radical (unpaired) electrons. The van der Waals surface area contributed by atoms with Crippen molar-refractivity contribution in [1.82, 2.24) is 0 Å². The molecule has 0 spiro atoms. The molecule has 3 atom stereocenters. The van der Waals surface area contributed by atoms with E-state index in [0.717, 1.165) is 5.92 Å². The smallest absolute Gasteiger partial charge is 0.169 e. The van der Waals surface area contributed by atoms with Crippen LogP contribution in [0.1, 0.15) is 6.42 Å². The van der Waals surface area contributed by atoms with E-state index in [4.69, 9.17) is 0 Å². The van der Waals surface area contributed by atoms with Gasteiger partial charge in [-0.25, -0.2) is 4.58 Å². The molecule has 0 saturated heterocycles. The molecule has 0 saturated carbocycles. The fourth-order valence-electron chi connectivity index (χ4n) is 0.873. The molecule has 3 unspecified atom stereocenters. The van der Waals surface area contributed by atoms with Gasteiger partial charge in [0.05, 0.1) is 0 Å². The van der Waals surface area contributed by atoms with Gasteiger partial charge in [-0.1, -0.05) is 21.4 Å². The summed E-state index contributed by atoms with van der Waals surface area (Å²) in [5.41, 5.74) is 0. The summed E-state index contributed by atoms with van der Waals surface area (Å²) in [5, 5.41) is 0. The van der Waals surface area contributed by atoms with E-state index in [2.05, 4.69) is 28.1 Å². The Morgan fingerprint density at radius 2 is 2.44 bits per heavy atom. The van der Waals surface area contributed by atoms with Gasteiger partial charge in [-0.3, -0.25) is 0 Å². The van der Waals surface area contributed by atoms with E-state index in [1.165, 1.54) is 6.42 Å². The van der Waals surface area contributed by atoms with E-state index in [0.29, 0.717) is 5.78 Å². The Kier molecular flexibility index (Phi) is 2.02. The highest BCUT2D eigenvalue weighted by molar-refractivity contribution is 7.17. The first-order chi connectivity index (χ1) is 4.22. The van der Waals surface area contributed by atoms with Gasteiger partial charge >= 0.3 is 0 Å². The van der Waals surface area contributed by atoms with Crippen LogP contribution in [0.3, 0.4) is 0 Å². The number of hydrogen-bond donors (Lipinski definition) is 0. The summed E-state index contributed by atoms with van der Waals surface area (Å²) in [6, 6.07) is 0. The molecule has 1 rings (SSSR count). The predicted octanol–water partition coefficient (Wildman–Crippen LogP) is 1.11. The van der Waals surface area contributed by atoms with Crippen molar-refractivity contribution in [2.24, 2.45) is 5.92 Å². The number of rotatable bonds is 2. The summed E-state index contributed by atoms with van der Waals surface area (Å²) in [4.78, 5) is 0. The minimum Gasteiger partial charge on any atom is -0.238 e. The van der Waals surface area contributed by atoms with Gasteiger partial charge in [-0.05, 0) is 6.42 Å². The van der Waals surface area contributed by atoms with E-state index >= 15 is 0 Å². The average Bonchev–Trinajstić information content (AvgIpc) is 1.60. The maximum absolute atomic E-state index is 3.82. The van der Waals surface area contributed by atoms with Crippen LogP contribution < -0.4 is 0 Å². The molecule has 0 aromatic heterocycles. The van der Waals surface area contributed by atoms with Crippen molar-refractivity contribution in [3.8, 4) is 0 Å². The zero-order valence-corrected chi connectivity index (χ0v) is 6.90. The van der Waals surface area contributed by atoms with Crippen LogP contribution in [0.15, 0.2) is 12.2 Å². The highest BCUT2D eigenvalue weighted by Crippen LogP contribution is 2.25. The molecule has 9 heavy (non-hydrogen) atoms. The second-order valence-corrected chi connectivity index (χ2v) is 3.26. The normalized spacial score (nSPS) is 27.1. The molecular weight excluding hydrogens is 129 g/mol. The van der Waals surface area contributed by atoms with Crippen LogP contribution in [0.2, 0.25) is 0 Å². The van der Waals surface area contributed by atoms with Gasteiger partial charge in [0.1, 0.15) is 13.8 Å². The van der Waals surface area contributed by atoms with Crippen LogP contribution >= 0.6 is 9.24 Å². The second-order valence-electron chi connectivity index (χ2n) is 2.58. The minimum atomic E-state index is 0.523.